The predicted molar refractivity (Wildman–Crippen MR) is 104 cm³/mol. The molecular weight excluding hydrogens is 362 g/mol. The molecule has 1 heterocycles. The summed E-state index contributed by atoms with van der Waals surface area (Å²) < 4.78 is 22.7. The van der Waals surface area contributed by atoms with Gasteiger partial charge in [0, 0.05) is 6.04 Å². The van der Waals surface area contributed by atoms with Crippen LogP contribution in [0.1, 0.15) is 43.0 Å². The molecule has 3 N–H and O–H groups in total. The van der Waals surface area contributed by atoms with Crippen molar-refractivity contribution >= 4 is 15.9 Å². The van der Waals surface area contributed by atoms with Crippen molar-refractivity contribution in [3.63, 3.8) is 0 Å². The fourth-order valence-electron chi connectivity index (χ4n) is 3.57. The third kappa shape index (κ3) is 4.94. The van der Waals surface area contributed by atoms with Crippen LogP contribution in [0.5, 0.6) is 0 Å². The van der Waals surface area contributed by atoms with Crippen LogP contribution in [0.25, 0.3) is 0 Å². The SMILES string of the molecule is C[C@@H](NC(=O)CN1CCC[C@H]1c1ccccc1)c1ccc(S(N)(=O)=O)cc1. The Bertz CT molecular complexity index is 882. The molecule has 1 fully saturated rings. The number of carbonyl (C=O) groups is 1. The van der Waals surface area contributed by atoms with Crippen LogP contribution in [0.3, 0.4) is 0 Å². The van der Waals surface area contributed by atoms with E-state index in [0.29, 0.717) is 6.54 Å². The highest BCUT2D eigenvalue weighted by atomic mass is 32.2. The van der Waals surface area contributed by atoms with Gasteiger partial charge in [0.25, 0.3) is 0 Å². The van der Waals surface area contributed by atoms with Crippen molar-refractivity contribution in [2.75, 3.05) is 13.1 Å². The molecule has 7 heteroatoms. The van der Waals surface area contributed by atoms with Gasteiger partial charge in [0.1, 0.15) is 0 Å². The summed E-state index contributed by atoms with van der Waals surface area (Å²) >= 11 is 0. The van der Waals surface area contributed by atoms with Crippen LogP contribution in [-0.2, 0) is 14.8 Å². The Labute approximate surface area is 160 Å². The molecular formula is C20H25N3O3S. The largest absolute Gasteiger partial charge is 0.348 e. The molecule has 0 unspecified atom stereocenters. The highest BCUT2D eigenvalue weighted by Gasteiger charge is 2.27. The average Bonchev–Trinajstić information content (AvgIpc) is 3.09. The number of hydrogen-bond donors (Lipinski definition) is 2. The third-order valence-electron chi connectivity index (χ3n) is 4.98. The Hall–Kier alpha value is -2.22. The van der Waals surface area contributed by atoms with Crippen molar-refractivity contribution in [2.45, 2.75) is 36.7 Å². The van der Waals surface area contributed by atoms with Gasteiger partial charge in [-0.3, -0.25) is 9.69 Å². The number of primary sulfonamides is 1. The molecule has 0 bridgehead atoms. The number of nitrogens with one attached hydrogen (secondary N) is 1. The van der Waals surface area contributed by atoms with Crippen LogP contribution in [0.15, 0.2) is 59.5 Å². The molecule has 144 valence electrons. The molecule has 1 aliphatic rings. The Morgan fingerprint density at radius 3 is 2.48 bits per heavy atom. The first-order valence-electron chi connectivity index (χ1n) is 9.06. The minimum absolute atomic E-state index is 0.0409. The number of sulfonamides is 1. The third-order valence-corrected chi connectivity index (χ3v) is 5.91. The van der Waals surface area contributed by atoms with Crippen molar-refractivity contribution in [1.29, 1.82) is 0 Å². The summed E-state index contributed by atoms with van der Waals surface area (Å²) in [5.74, 6) is -0.0409. The summed E-state index contributed by atoms with van der Waals surface area (Å²) in [7, 11) is -3.71. The van der Waals surface area contributed by atoms with Crippen LogP contribution >= 0.6 is 0 Å². The average molecular weight is 388 g/mol. The molecule has 27 heavy (non-hydrogen) atoms. The molecule has 0 aliphatic carbocycles. The fourth-order valence-corrected chi connectivity index (χ4v) is 4.08. The molecule has 1 aliphatic heterocycles. The van der Waals surface area contributed by atoms with E-state index in [1.165, 1.54) is 17.7 Å². The number of carbonyl (C=O) groups excluding carboxylic acids is 1. The van der Waals surface area contributed by atoms with E-state index < -0.39 is 10.0 Å². The molecule has 0 spiro atoms. The zero-order valence-corrected chi connectivity index (χ0v) is 16.2. The van der Waals surface area contributed by atoms with E-state index in [2.05, 4.69) is 22.3 Å². The first-order chi connectivity index (χ1) is 12.8. The van der Waals surface area contributed by atoms with Gasteiger partial charge in [-0.2, -0.15) is 0 Å². The quantitative estimate of drug-likeness (QED) is 0.796. The van der Waals surface area contributed by atoms with Crippen molar-refractivity contribution in [3.05, 3.63) is 65.7 Å². The molecule has 1 amide bonds. The molecule has 0 saturated carbocycles. The van der Waals surface area contributed by atoms with E-state index in [4.69, 9.17) is 5.14 Å². The Morgan fingerprint density at radius 1 is 1.19 bits per heavy atom. The highest BCUT2D eigenvalue weighted by molar-refractivity contribution is 7.89. The zero-order chi connectivity index (χ0) is 19.4. The Morgan fingerprint density at radius 2 is 1.85 bits per heavy atom. The molecule has 3 rings (SSSR count). The van der Waals surface area contributed by atoms with Crippen LogP contribution < -0.4 is 10.5 Å². The van der Waals surface area contributed by atoms with E-state index in [1.807, 2.05) is 25.1 Å². The van der Waals surface area contributed by atoms with Crippen LogP contribution in [0, 0.1) is 0 Å². The highest BCUT2D eigenvalue weighted by Crippen LogP contribution is 2.31. The van der Waals surface area contributed by atoms with E-state index in [9.17, 15) is 13.2 Å². The van der Waals surface area contributed by atoms with Gasteiger partial charge in [0.15, 0.2) is 0 Å². The molecule has 2 aromatic rings. The number of benzene rings is 2. The van der Waals surface area contributed by atoms with E-state index >= 15 is 0 Å². The smallest absolute Gasteiger partial charge is 0.238 e. The summed E-state index contributed by atoms with van der Waals surface area (Å²) in [5.41, 5.74) is 2.08. The number of likely N-dealkylation sites (tertiary alicyclic amines) is 1. The monoisotopic (exact) mass is 387 g/mol. The summed E-state index contributed by atoms with van der Waals surface area (Å²) in [4.78, 5) is 14.8. The second kappa shape index (κ2) is 8.21. The van der Waals surface area contributed by atoms with Gasteiger partial charge in [-0.1, -0.05) is 42.5 Å². The first kappa shape index (κ1) is 19.5. The summed E-state index contributed by atoms with van der Waals surface area (Å²) in [6.07, 6.45) is 2.14. The van der Waals surface area contributed by atoms with Gasteiger partial charge in [-0.15, -0.1) is 0 Å². The van der Waals surface area contributed by atoms with Gasteiger partial charge >= 0.3 is 0 Å². The number of rotatable bonds is 6. The molecule has 6 nitrogen and oxygen atoms in total. The minimum atomic E-state index is -3.71. The topological polar surface area (TPSA) is 92.5 Å². The number of amides is 1. The lowest BCUT2D eigenvalue weighted by molar-refractivity contribution is -0.123. The second-order valence-corrected chi connectivity index (χ2v) is 8.50. The fraction of sp³-hybridized carbons (Fsp3) is 0.350. The first-order valence-corrected chi connectivity index (χ1v) is 10.6. The molecule has 0 radical (unpaired) electrons. The van der Waals surface area contributed by atoms with Crippen molar-refractivity contribution in [2.24, 2.45) is 5.14 Å². The molecule has 2 atom stereocenters. The van der Waals surface area contributed by atoms with Crippen LogP contribution in [-0.4, -0.2) is 32.3 Å². The van der Waals surface area contributed by atoms with Gasteiger partial charge < -0.3 is 5.32 Å². The number of nitrogens with two attached hydrogens (primary N) is 1. The lowest BCUT2D eigenvalue weighted by Crippen LogP contribution is -2.38. The normalized spacial score (nSPS) is 19.0. The van der Waals surface area contributed by atoms with Gasteiger partial charge in [0.2, 0.25) is 15.9 Å². The maximum atomic E-state index is 12.5. The van der Waals surface area contributed by atoms with E-state index in [1.54, 1.807) is 12.1 Å². The summed E-state index contributed by atoms with van der Waals surface area (Å²) in [6, 6.07) is 16.6. The van der Waals surface area contributed by atoms with Gasteiger partial charge in [-0.25, -0.2) is 13.6 Å². The van der Waals surface area contributed by atoms with Gasteiger partial charge in [0.05, 0.1) is 17.5 Å². The molecule has 1 saturated heterocycles. The molecule has 0 aromatic heterocycles. The maximum Gasteiger partial charge on any atom is 0.238 e. The Balaban J connectivity index is 1.60. The minimum Gasteiger partial charge on any atom is -0.348 e. The van der Waals surface area contributed by atoms with Crippen LogP contribution in [0.2, 0.25) is 0 Å². The van der Waals surface area contributed by atoms with Crippen molar-refractivity contribution in [3.8, 4) is 0 Å². The number of nitrogens with zero attached hydrogens (tertiary/aromatic N) is 1. The lowest BCUT2D eigenvalue weighted by Gasteiger charge is -2.25. The van der Waals surface area contributed by atoms with Crippen molar-refractivity contribution in [1.82, 2.24) is 10.2 Å². The summed E-state index contributed by atoms with van der Waals surface area (Å²) in [6.45, 7) is 3.13. The standard InChI is InChI=1S/C20H25N3O3S/c1-15(16-9-11-18(12-10-16)27(21,25)26)22-20(24)14-23-13-5-8-19(23)17-6-3-2-4-7-17/h2-4,6-7,9-12,15,19H,5,8,13-14H2,1H3,(H,22,24)(H2,21,25,26)/t15-,19+/m1/s1. The maximum absolute atomic E-state index is 12.5. The summed E-state index contributed by atoms with van der Waals surface area (Å²) in [5, 5.41) is 8.10. The van der Waals surface area contributed by atoms with Crippen molar-refractivity contribution < 1.29 is 13.2 Å². The zero-order valence-electron chi connectivity index (χ0n) is 15.3. The second-order valence-electron chi connectivity index (χ2n) is 6.94. The number of hydrogen-bond acceptors (Lipinski definition) is 4. The van der Waals surface area contributed by atoms with Crippen LogP contribution in [0.4, 0.5) is 0 Å². The van der Waals surface area contributed by atoms with E-state index in [-0.39, 0.29) is 22.9 Å². The Kier molecular flexibility index (Phi) is 5.94. The van der Waals surface area contributed by atoms with Gasteiger partial charge in [-0.05, 0) is 49.6 Å². The predicted octanol–water partition coefficient (Wildman–Crippen LogP) is 2.35. The lowest BCUT2D eigenvalue weighted by atomic mass is 10.0. The molecule has 2 aromatic carbocycles. The van der Waals surface area contributed by atoms with E-state index in [0.717, 1.165) is 24.9 Å².